The molecule has 0 spiro atoms. The Morgan fingerprint density at radius 2 is 1.83 bits per heavy atom. The lowest BCUT2D eigenvalue weighted by atomic mass is 9.97. The first-order chi connectivity index (χ1) is 14.3. The third-order valence-corrected chi connectivity index (χ3v) is 7.17. The third-order valence-electron chi connectivity index (χ3n) is 5.32. The van der Waals surface area contributed by atoms with Crippen LogP contribution in [0.2, 0.25) is 0 Å². The first-order valence-corrected chi connectivity index (χ1v) is 11.5. The number of anilines is 1. The molecule has 3 rings (SSSR count). The molecule has 1 heterocycles. The zero-order valence-electron chi connectivity index (χ0n) is 17.6. The van der Waals surface area contributed by atoms with Gasteiger partial charge in [0.2, 0.25) is 15.9 Å². The summed E-state index contributed by atoms with van der Waals surface area (Å²) in [6.45, 7) is 2.62. The fraction of sp³-hybridized carbons (Fsp3) is 0.409. The van der Waals surface area contributed by atoms with Crippen LogP contribution in [0, 0.1) is 12.8 Å². The van der Waals surface area contributed by atoms with E-state index in [1.165, 1.54) is 11.4 Å². The molecule has 1 aliphatic heterocycles. The minimum atomic E-state index is -3.41. The molecule has 0 atom stereocenters. The van der Waals surface area contributed by atoms with E-state index < -0.39 is 10.0 Å². The van der Waals surface area contributed by atoms with Gasteiger partial charge in [0.15, 0.2) is 0 Å². The van der Waals surface area contributed by atoms with Gasteiger partial charge in [-0.05, 0) is 37.5 Å². The van der Waals surface area contributed by atoms with E-state index in [1.807, 2.05) is 31.2 Å². The van der Waals surface area contributed by atoms with E-state index in [2.05, 4.69) is 5.32 Å². The van der Waals surface area contributed by atoms with Gasteiger partial charge in [0.05, 0.1) is 25.7 Å². The average Bonchev–Trinajstić information content (AvgIpc) is 2.73. The minimum absolute atomic E-state index is 0.0193. The minimum Gasteiger partial charge on any atom is -0.497 e. The lowest BCUT2D eigenvalue weighted by molar-refractivity contribution is -0.120. The van der Waals surface area contributed by atoms with Crippen molar-refractivity contribution >= 4 is 21.6 Å². The number of sulfonamides is 1. The molecule has 162 valence electrons. The maximum atomic E-state index is 12.8. The van der Waals surface area contributed by atoms with Gasteiger partial charge in [-0.2, -0.15) is 0 Å². The quantitative estimate of drug-likeness (QED) is 0.726. The Bertz CT molecular complexity index is 998. The molecule has 0 unspecified atom stereocenters. The van der Waals surface area contributed by atoms with Crippen molar-refractivity contribution in [3.63, 3.8) is 0 Å². The predicted octanol–water partition coefficient (Wildman–Crippen LogP) is 3.19. The predicted molar refractivity (Wildman–Crippen MR) is 116 cm³/mol. The van der Waals surface area contributed by atoms with Gasteiger partial charge in [-0.3, -0.25) is 4.79 Å². The molecule has 0 saturated carbocycles. The molecule has 1 saturated heterocycles. The van der Waals surface area contributed by atoms with E-state index in [4.69, 9.17) is 9.47 Å². The summed E-state index contributed by atoms with van der Waals surface area (Å²) in [5.41, 5.74) is 2.38. The van der Waals surface area contributed by atoms with E-state index in [0.29, 0.717) is 43.1 Å². The standard InChI is InChI=1S/C22H28N2O5S/c1-16-5-4-6-17(13-16)15-30(26,27)24-11-9-18(10-12-24)22(25)23-20-8-7-19(28-2)14-21(20)29-3/h4-8,13-14,18H,9-12,15H2,1-3H3,(H,23,25). The van der Waals surface area contributed by atoms with Crippen molar-refractivity contribution in [2.45, 2.75) is 25.5 Å². The van der Waals surface area contributed by atoms with Gasteiger partial charge in [0.25, 0.3) is 0 Å². The molecule has 0 bridgehead atoms. The number of benzene rings is 2. The molecule has 0 aromatic heterocycles. The average molecular weight is 433 g/mol. The highest BCUT2D eigenvalue weighted by Crippen LogP contribution is 2.30. The van der Waals surface area contributed by atoms with Crippen molar-refractivity contribution in [1.82, 2.24) is 4.31 Å². The van der Waals surface area contributed by atoms with E-state index in [0.717, 1.165) is 11.1 Å². The molecule has 30 heavy (non-hydrogen) atoms. The van der Waals surface area contributed by atoms with Crippen molar-refractivity contribution in [1.29, 1.82) is 0 Å². The normalized spacial score (nSPS) is 15.6. The fourth-order valence-corrected chi connectivity index (χ4v) is 5.19. The van der Waals surface area contributed by atoms with Crippen LogP contribution in [0.5, 0.6) is 11.5 Å². The van der Waals surface area contributed by atoms with Crippen molar-refractivity contribution < 1.29 is 22.7 Å². The molecule has 1 aliphatic rings. The van der Waals surface area contributed by atoms with Gasteiger partial charge >= 0.3 is 0 Å². The third kappa shape index (κ3) is 5.31. The molecule has 0 aliphatic carbocycles. The summed E-state index contributed by atoms with van der Waals surface area (Å²) in [6.07, 6.45) is 0.967. The number of ether oxygens (including phenoxy) is 2. The van der Waals surface area contributed by atoms with Crippen molar-refractivity contribution in [2.75, 3.05) is 32.6 Å². The molecule has 7 nitrogen and oxygen atoms in total. The lowest BCUT2D eigenvalue weighted by Gasteiger charge is -2.30. The molecule has 2 aromatic rings. The number of nitrogens with one attached hydrogen (secondary N) is 1. The summed E-state index contributed by atoms with van der Waals surface area (Å²) in [5, 5.41) is 2.89. The second kappa shape index (κ2) is 9.49. The lowest BCUT2D eigenvalue weighted by Crippen LogP contribution is -2.41. The smallest absolute Gasteiger partial charge is 0.227 e. The Morgan fingerprint density at radius 3 is 2.47 bits per heavy atom. The van der Waals surface area contributed by atoms with Crippen LogP contribution in [0.15, 0.2) is 42.5 Å². The molecule has 1 fully saturated rings. The number of rotatable bonds is 7. The van der Waals surface area contributed by atoms with E-state index >= 15 is 0 Å². The SMILES string of the molecule is COc1ccc(NC(=O)C2CCN(S(=O)(=O)Cc3cccc(C)c3)CC2)c(OC)c1. The first-order valence-electron chi connectivity index (χ1n) is 9.88. The van der Waals surface area contributed by atoms with Gasteiger partial charge in [-0.25, -0.2) is 12.7 Å². The van der Waals surface area contributed by atoms with E-state index in [-0.39, 0.29) is 17.6 Å². The summed E-state index contributed by atoms with van der Waals surface area (Å²) in [4.78, 5) is 12.7. The zero-order chi connectivity index (χ0) is 21.7. The number of amides is 1. The van der Waals surface area contributed by atoms with Crippen LogP contribution in [-0.2, 0) is 20.6 Å². The number of carbonyl (C=O) groups excluding carboxylic acids is 1. The first kappa shape index (κ1) is 22.1. The van der Waals surface area contributed by atoms with Crippen LogP contribution >= 0.6 is 0 Å². The Labute approximate surface area is 178 Å². The molecule has 1 amide bonds. The van der Waals surface area contributed by atoms with Crippen molar-refractivity contribution in [3.8, 4) is 11.5 Å². The van der Waals surface area contributed by atoms with Gasteiger partial charge < -0.3 is 14.8 Å². The second-order valence-corrected chi connectivity index (χ2v) is 9.44. The van der Waals surface area contributed by atoms with Gasteiger partial charge in [0.1, 0.15) is 11.5 Å². The molecule has 2 aromatic carbocycles. The summed E-state index contributed by atoms with van der Waals surface area (Å²) in [7, 11) is -0.319. The largest absolute Gasteiger partial charge is 0.497 e. The number of carbonyl (C=O) groups is 1. The van der Waals surface area contributed by atoms with Crippen molar-refractivity contribution in [2.24, 2.45) is 5.92 Å². The highest BCUT2D eigenvalue weighted by molar-refractivity contribution is 7.88. The Kier molecular flexibility index (Phi) is 6.99. The maximum absolute atomic E-state index is 12.8. The number of nitrogens with zero attached hydrogens (tertiary/aromatic N) is 1. The van der Waals surface area contributed by atoms with E-state index in [1.54, 1.807) is 25.3 Å². The monoisotopic (exact) mass is 432 g/mol. The number of hydrogen-bond acceptors (Lipinski definition) is 5. The molecule has 0 radical (unpaired) electrons. The fourth-order valence-electron chi connectivity index (χ4n) is 3.64. The van der Waals surface area contributed by atoms with Crippen LogP contribution in [0.25, 0.3) is 0 Å². The molecule has 1 N–H and O–H groups in total. The topological polar surface area (TPSA) is 84.9 Å². The molecular weight excluding hydrogens is 404 g/mol. The highest BCUT2D eigenvalue weighted by atomic mass is 32.2. The number of aryl methyl sites for hydroxylation is 1. The molecule has 8 heteroatoms. The second-order valence-electron chi connectivity index (χ2n) is 7.47. The number of methoxy groups -OCH3 is 2. The maximum Gasteiger partial charge on any atom is 0.227 e. The number of hydrogen-bond donors (Lipinski definition) is 1. The Balaban J connectivity index is 1.59. The summed E-state index contributed by atoms with van der Waals surface area (Å²) < 4.78 is 37.5. The Hall–Kier alpha value is -2.58. The van der Waals surface area contributed by atoms with Gasteiger partial charge in [0, 0.05) is 25.1 Å². The zero-order valence-corrected chi connectivity index (χ0v) is 18.4. The van der Waals surface area contributed by atoms with Crippen LogP contribution in [0.1, 0.15) is 24.0 Å². The van der Waals surface area contributed by atoms with Crippen LogP contribution < -0.4 is 14.8 Å². The summed E-state index contributed by atoms with van der Waals surface area (Å²) in [6, 6.07) is 12.7. The number of piperidine rings is 1. The van der Waals surface area contributed by atoms with Crippen LogP contribution in [-0.4, -0.2) is 45.9 Å². The van der Waals surface area contributed by atoms with Crippen LogP contribution in [0.3, 0.4) is 0 Å². The molecular formula is C22H28N2O5S. The van der Waals surface area contributed by atoms with Gasteiger partial charge in [-0.15, -0.1) is 0 Å². The summed E-state index contributed by atoms with van der Waals surface area (Å²) >= 11 is 0. The van der Waals surface area contributed by atoms with Gasteiger partial charge in [-0.1, -0.05) is 29.8 Å². The summed E-state index contributed by atoms with van der Waals surface area (Å²) in [5.74, 6) is 0.753. The van der Waals surface area contributed by atoms with Crippen LogP contribution in [0.4, 0.5) is 5.69 Å². The Morgan fingerprint density at radius 1 is 1.10 bits per heavy atom. The van der Waals surface area contributed by atoms with E-state index in [9.17, 15) is 13.2 Å². The highest BCUT2D eigenvalue weighted by Gasteiger charge is 2.31. The van der Waals surface area contributed by atoms with Crippen molar-refractivity contribution in [3.05, 3.63) is 53.6 Å².